The van der Waals surface area contributed by atoms with Crippen LogP contribution < -0.4 is 11.5 Å². The molecular weight excluding hydrogens is 492 g/mol. The monoisotopic (exact) mass is 530 g/mol. The molecule has 3 aromatic carbocycles. The highest BCUT2D eigenvalue weighted by Gasteiger charge is 2.27. The van der Waals surface area contributed by atoms with Crippen LogP contribution in [-0.2, 0) is 6.54 Å². The first-order valence-electron chi connectivity index (χ1n) is 14.5. The molecule has 0 amide bonds. The second-order valence-electron chi connectivity index (χ2n) is 10.8. The zero-order chi connectivity index (χ0) is 27.5. The van der Waals surface area contributed by atoms with E-state index in [9.17, 15) is 0 Å². The topological polar surface area (TPSA) is 87.7 Å². The lowest BCUT2D eigenvalue weighted by atomic mass is 9.88. The molecule has 6 heteroatoms. The van der Waals surface area contributed by atoms with E-state index in [0.717, 1.165) is 71.0 Å². The number of benzene rings is 3. The van der Waals surface area contributed by atoms with E-state index in [2.05, 4.69) is 88.9 Å². The van der Waals surface area contributed by atoms with E-state index < -0.39 is 0 Å². The van der Waals surface area contributed by atoms with Crippen molar-refractivity contribution in [3.05, 3.63) is 102 Å². The van der Waals surface area contributed by atoms with E-state index in [1.807, 2.05) is 12.3 Å². The molecule has 204 valence electrons. The van der Waals surface area contributed by atoms with Gasteiger partial charge in [0.15, 0.2) is 0 Å². The molecule has 1 aliphatic carbocycles. The predicted octanol–water partition coefficient (Wildman–Crippen LogP) is 7.46. The van der Waals surface area contributed by atoms with Gasteiger partial charge >= 0.3 is 0 Å². The number of hydrogen-bond acceptors (Lipinski definition) is 4. The van der Waals surface area contributed by atoms with Gasteiger partial charge in [-0.3, -0.25) is 0 Å². The minimum atomic E-state index is -0.151. The second kappa shape index (κ2) is 11.5. The molecule has 0 radical (unpaired) electrons. The van der Waals surface area contributed by atoms with Crippen molar-refractivity contribution in [3.8, 4) is 22.6 Å². The van der Waals surface area contributed by atoms with Crippen LogP contribution in [0.25, 0.3) is 39.9 Å². The first-order valence-corrected chi connectivity index (χ1v) is 14.5. The summed E-state index contributed by atoms with van der Waals surface area (Å²) in [5.41, 5.74) is 20.1. The van der Waals surface area contributed by atoms with Gasteiger partial charge in [-0.25, -0.2) is 9.97 Å². The quantitative estimate of drug-likeness (QED) is 0.218. The van der Waals surface area contributed by atoms with Crippen molar-refractivity contribution in [2.45, 2.75) is 64.0 Å². The van der Waals surface area contributed by atoms with Crippen LogP contribution in [0.1, 0.15) is 74.5 Å². The van der Waals surface area contributed by atoms with E-state index in [-0.39, 0.29) is 6.04 Å². The molecule has 6 nitrogen and oxygen atoms in total. The molecule has 1 atom stereocenters. The van der Waals surface area contributed by atoms with Gasteiger partial charge in [0.2, 0.25) is 0 Å². The summed E-state index contributed by atoms with van der Waals surface area (Å²) in [4.78, 5) is 10.5. The second-order valence-corrected chi connectivity index (χ2v) is 10.8. The van der Waals surface area contributed by atoms with Crippen LogP contribution in [0.15, 0.2) is 85.1 Å². The van der Waals surface area contributed by atoms with Crippen molar-refractivity contribution >= 4 is 17.2 Å². The summed E-state index contributed by atoms with van der Waals surface area (Å²) in [5, 5.41) is 0. The van der Waals surface area contributed by atoms with Crippen molar-refractivity contribution in [1.82, 2.24) is 19.1 Å². The Bertz CT molecular complexity index is 1610. The molecular formula is C34H38N6. The molecule has 0 bridgehead atoms. The number of nitrogens with zero attached hydrogens (tertiary/aromatic N) is 4. The van der Waals surface area contributed by atoms with Gasteiger partial charge in [-0.15, -0.1) is 0 Å². The summed E-state index contributed by atoms with van der Waals surface area (Å²) in [6.07, 6.45) is 10.4. The third-order valence-electron chi connectivity index (χ3n) is 8.21. The van der Waals surface area contributed by atoms with E-state index in [4.69, 9.17) is 21.4 Å². The average molecular weight is 531 g/mol. The molecule has 1 fully saturated rings. The number of hydrogen-bond donors (Lipinski definition) is 2. The zero-order valence-corrected chi connectivity index (χ0v) is 23.2. The highest BCUT2D eigenvalue weighted by atomic mass is 15.1. The Morgan fingerprint density at radius 2 is 1.62 bits per heavy atom. The molecule has 2 heterocycles. The van der Waals surface area contributed by atoms with E-state index in [0.29, 0.717) is 5.92 Å². The minimum absolute atomic E-state index is 0.151. The fraction of sp³-hybridized carbons (Fsp3) is 0.294. The van der Waals surface area contributed by atoms with Gasteiger partial charge in [-0.05, 0) is 37.0 Å². The third-order valence-corrected chi connectivity index (χ3v) is 8.21. The molecule has 0 saturated heterocycles. The van der Waals surface area contributed by atoms with Crippen molar-refractivity contribution in [3.63, 3.8) is 0 Å². The van der Waals surface area contributed by atoms with Gasteiger partial charge in [-0.1, -0.05) is 92.9 Å². The lowest BCUT2D eigenvalue weighted by Gasteiger charge is -2.22. The molecule has 4 N–H and O–H groups in total. The molecule has 1 unspecified atom stereocenters. The van der Waals surface area contributed by atoms with Crippen LogP contribution in [0.4, 0.5) is 0 Å². The molecule has 2 aromatic heterocycles. The van der Waals surface area contributed by atoms with E-state index in [1.54, 1.807) is 6.20 Å². The number of rotatable bonds is 8. The highest BCUT2D eigenvalue weighted by molar-refractivity contribution is 5.85. The van der Waals surface area contributed by atoms with Gasteiger partial charge in [0.1, 0.15) is 11.6 Å². The Morgan fingerprint density at radius 1 is 0.900 bits per heavy atom. The zero-order valence-electron chi connectivity index (χ0n) is 23.2. The summed E-state index contributed by atoms with van der Waals surface area (Å²) < 4.78 is 4.48. The van der Waals surface area contributed by atoms with Crippen LogP contribution in [0.2, 0.25) is 0 Å². The molecule has 1 saturated carbocycles. The molecule has 40 heavy (non-hydrogen) atoms. The minimum Gasteiger partial charge on any atom is -0.403 e. The van der Waals surface area contributed by atoms with Crippen molar-refractivity contribution < 1.29 is 0 Å². The maximum Gasteiger partial charge on any atom is 0.141 e. The number of nitrogens with two attached hydrogens (primary N) is 2. The van der Waals surface area contributed by atoms with Gasteiger partial charge in [0, 0.05) is 42.0 Å². The predicted molar refractivity (Wildman–Crippen MR) is 164 cm³/mol. The lowest BCUT2D eigenvalue weighted by Crippen LogP contribution is -2.16. The molecule has 0 spiro atoms. The van der Waals surface area contributed by atoms with Crippen LogP contribution in [0, 0.1) is 0 Å². The first kappa shape index (κ1) is 26.1. The Kier molecular flexibility index (Phi) is 7.51. The van der Waals surface area contributed by atoms with Gasteiger partial charge in [-0.2, -0.15) is 0 Å². The Labute approximate surface area is 236 Å². The molecule has 6 rings (SSSR count). The third kappa shape index (κ3) is 4.95. The summed E-state index contributed by atoms with van der Waals surface area (Å²) in [6.45, 7) is 2.87. The standard InChI is InChI=1S/C34H38N6/c1-2-28(36)32-31(38-34(39(32)21-20-35)26-16-10-5-11-17-26)27-18-19-30-29(22-27)37-33(25-14-8-4-9-15-25)40(30)23-24-12-6-3-7-13-24/h3-4,6-9,12-15,18-22,26,28H,2,5,10-11,16-17,23,35-36H2,1H3/b21-20-. The van der Waals surface area contributed by atoms with Gasteiger partial charge < -0.3 is 20.6 Å². The molecule has 5 aromatic rings. The van der Waals surface area contributed by atoms with Gasteiger partial charge in [0.25, 0.3) is 0 Å². The average Bonchev–Trinajstić information content (AvgIpc) is 3.57. The fourth-order valence-electron chi connectivity index (χ4n) is 6.13. The largest absolute Gasteiger partial charge is 0.403 e. The maximum absolute atomic E-state index is 6.75. The summed E-state index contributed by atoms with van der Waals surface area (Å²) in [6, 6.07) is 27.4. The maximum atomic E-state index is 6.75. The van der Waals surface area contributed by atoms with Crippen LogP contribution in [0.5, 0.6) is 0 Å². The summed E-state index contributed by atoms with van der Waals surface area (Å²) in [7, 11) is 0. The molecule has 0 aliphatic heterocycles. The van der Waals surface area contributed by atoms with Crippen molar-refractivity contribution in [2.24, 2.45) is 11.5 Å². The van der Waals surface area contributed by atoms with Crippen molar-refractivity contribution in [2.75, 3.05) is 0 Å². The highest BCUT2D eigenvalue weighted by Crippen LogP contribution is 2.39. The Hall–Kier alpha value is -4.16. The van der Waals surface area contributed by atoms with Crippen molar-refractivity contribution in [1.29, 1.82) is 0 Å². The van der Waals surface area contributed by atoms with E-state index in [1.165, 1.54) is 24.8 Å². The SMILES string of the molecule is CCC(N)c1c(-c2ccc3c(c2)nc(-c2ccccc2)n3Cc2ccccc2)nc(C2CCCCC2)n1/C=C\N. The fourth-order valence-corrected chi connectivity index (χ4v) is 6.13. The van der Waals surface area contributed by atoms with E-state index >= 15 is 0 Å². The lowest BCUT2D eigenvalue weighted by molar-refractivity contribution is 0.425. The van der Waals surface area contributed by atoms with Crippen LogP contribution in [-0.4, -0.2) is 19.1 Å². The normalized spacial score (nSPS) is 15.2. The van der Waals surface area contributed by atoms with Crippen LogP contribution in [0.3, 0.4) is 0 Å². The van der Waals surface area contributed by atoms with Gasteiger partial charge in [0.05, 0.1) is 22.4 Å². The molecule has 1 aliphatic rings. The summed E-state index contributed by atoms with van der Waals surface area (Å²) in [5.74, 6) is 2.46. The Balaban J connectivity index is 1.51. The Morgan fingerprint density at radius 3 is 2.33 bits per heavy atom. The number of imidazole rings is 2. The van der Waals surface area contributed by atoms with Crippen LogP contribution >= 0.6 is 0 Å². The first-order chi connectivity index (χ1) is 19.7. The summed E-state index contributed by atoms with van der Waals surface area (Å²) >= 11 is 0. The number of aromatic nitrogens is 4. The smallest absolute Gasteiger partial charge is 0.141 e. The number of fused-ring (bicyclic) bond motifs is 1.